The van der Waals surface area contributed by atoms with Crippen LogP contribution in [0, 0.1) is 17.8 Å². The van der Waals surface area contributed by atoms with Gasteiger partial charge in [0, 0.05) is 31.3 Å². The Morgan fingerprint density at radius 3 is 2.24 bits per heavy atom. The number of carbonyl (C=O) groups excluding carboxylic acids is 2. The molecule has 0 aromatic heterocycles. The molecule has 0 spiro atoms. The van der Waals surface area contributed by atoms with Crippen molar-refractivity contribution < 1.29 is 19.8 Å². The van der Waals surface area contributed by atoms with Crippen LogP contribution in [0.15, 0.2) is 30.3 Å². The number of hydrogen-bond acceptors (Lipinski definition) is 4. The van der Waals surface area contributed by atoms with Crippen molar-refractivity contribution in [3.8, 4) is 0 Å². The van der Waals surface area contributed by atoms with Crippen molar-refractivity contribution in [3.63, 3.8) is 0 Å². The van der Waals surface area contributed by atoms with E-state index in [1.165, 1.54) is 19.3 Å². The molecule has 0 aliphatic heterocycles. The number of aliphatic hydroxyl groups excluding tert-OH is 2. The maximum atomic E-state index is 13.6. The number of rotatable bonds is 15. The van der Waals surface area contributed by atoms with Crippen LogP contribution < -0.4 is 5.32 Å². The number of carbonyl (C=O) groups is 2. The lowest BCUT2D eigenvalue weighted by molar-refractivity contribution is -0.141. The first-order valence-electron chi connectivity index (χ1n) is 15.0. The number of nitrogens with zero attached hydrogens (tertiary/aromatic N) is 1. The van der Waals surface area contributed by atoms with Crippen LogP contribution >= 0.6 is 0 Å². The van der Waals surface area contributed by atoms with Gasteiger partial charge in [-0.1, -0.05) is 90.1 Å². The summed E-state index contributed by atoms with van der Waals surface area (Å²) < 4.78 is 0. The zero-order valence-electron chi connectivity index (χ0n) is 24.2. The molecule has 0 heterocycles. The maximum Gasteiger partial charge on any atom is 0.223 e. The van der Waals surface area contributed by atoms with Gasteiger partial charge in [-0.05, 0) is 49.0 Å². The molecule has 0 bridgehead atoms. The standard InChI is InChI=1S/C32H52N2O4/c1-23(2)19-28(35)31(38)27(20-24-11-7-5-8-12-24)34(21-25-15-16-25)30(37)18-17-29(36)33-22-32(3,4)26-13-9-6-10-14-26/h6,9-10,13-14,23-25,27-28,31,35,38H,5,7-8,11-12,15-22H2,1-4H3,(H,33,36)/t27-,28-,31+/m0/s1. The van der Waals surface area contributed by atoms with Crippen molar-refractivity contribution in [2.24, 2.45) is 17.8 Å². The average molecular weight is 529 g/mol. The zero-order chi connectivity index (χ0) is 27.7. The van der Waals surface area contributed by atoms with Crippen LogP contribution in [0.25, 0.3) is 0 Å². The molecule has 6 nitrogen and oxygen atoms in total. The van der Waals surface area contributed by atoms with Crippen LogP contribution in [0.5, 0.6) is 0 Å². The van der Waals surface area contributed by atoms with Gasteiger partial charge in [-0.15, -0.1) is 0 Å². The summed E-state index contributed by atoms with van der Waals surface area (Å²) in [6.45, 7) is 9.40. The van der Waals surface area contributed by atoms with Crippen LogP contribution in [0.1, 0.15) is 104 Å². The highest BCUT2D eigenvalue weighted by molar-refractivity contribution is 5.84. The van der Waals surface area contributed by atoms with Crippen LogP contribution in [-0.2, 0) is 15.0 Å². The lowest BCUT2D eigenvalue weighted by Crippen LogP contribution is -2.53. The molecule has 2 fully saturated rings. The molecule has 6 heteroatoms. The normalized spacial score (nSPS) is 19.1. The molecule has 3 atom stereocenters. The first kappa shape index (κ1) is 30.6. The monoisotopic (exact) mass is 528 g/mol. The average Bonchev–Trinajstić information content (AvgIpc) is 3.72. The SMILES string of the molecule is CC(C)C[C@H](O)[C@H](O)[C@H](CC1CCCCC1)N(CC1CC1)C(=O)CCC(=O)NCC(C)(C)c1ccccc1. The van der Waals surface area contributed by atoms with Gasteiger partial charge in [-0.25, -0.2) is 0 Å². The zero-order valence-corrected chi connectivity index (χ0v) is 24.2. The van der Waals surface area contributed by atoms with Crippen molar-refractivity contribution in [1.82, 2.24) is 10.2 Å². The van der Waals surface area contributed by atoms with E-state index in [-0.39, 0.29) is 36.0 Å². The Morgan fingerprint density at radius 1 is 0.974 bits per heavy atom. The molecule has 0 saturated heterocycles. The number of benzene rings is 1. The Bertz CT molecular complexity index is 861. The predicted octanol–water partition coefficient (Wildman–Crippen LogP) is 5.21. The number of hydrogen-bond donors (Lipinski definition) is 3. The Hall–Kier alpha value is -1.92. The lowest BCUT2D eigenvalue weighted by Gasteiger charge is -2.40. The predicted molar refractivity (Wildman–Crippen MR) is 153 cm³/mol. The number of amides is 2. The summed E-state index contributed by atoms with van der Waals surface area (Å²) in [5.41, 5.74) is 0.951. The first-order valence-corrected chi connectivity index (χ1v) is 15.0. The summed E-state index contributed by atoms with van der Waals surface area (Å²) in [4.78, 5) is 28.2. The van der Waals surface area contributed by atoms with Crippen molar-refractivity contribution in [2.45, 2.75) is 122 Å². The van der Waals surface area contributed by atoms with Crippen molar-refractivity contribution >= 4 is 11.8 Å². The van der Waals surface area contributed by atoms with E-state index in [1.807, 2.05) is 36.9 Å². The Labute approximate surface area is 230 Å². The van der Waals surface area contributed by atoms with E-state index in [0.717, 1.165) is 37.7 Å². The third kappa shape index (κ3) is 9.68. The molecule has 2 aliphatic carbocycles. The summed E-state index contributed by atoms with van der Waals surface area (Å²) in [5, 5.41) is 25.2. The van der Waals surface area contributed by atoms with Gasteiger partial charge in [0.1, 0.15) is 6.10 Å². The third-order valence-corrected chi connectivity index (χ3v) is 8.52. The third-order valence-electron chi connectivity index (χ3n) is 8.52. The molecule has 38 heavy (non-hydrogen) atoms. The fourth-order valence-corrected chi connectivity index (χ4v) is 5.86. The summed E-state index contributed by atoms with van der Waals surface area (Å²) >= 11 is 0. The van der Waals surface area contributed by atoms with Gasteiger partial charge in [0.15, 0.2) is 0 Å². The van der Waals surface area contributed by atoms with Gasteiger partial charge in [-0.2, -0.15) is 0 Å². The minimum absolute atomic E-state index is 0.0778. The lowest BCUT2D eigenvalue weighted by atomic mass is 9.81. The minimum atomic E-state index is -0.970. The maximum absolute atomic E-state index is 13.6. The van der Waals surface area contributed by atoms with E-state index in [0.29, 0.717) is 31.3 Å². The second-order valence-electron chi connectivity index (χ2n) is 13.0. The van der Waals surface area contributed by atoms with E-state index in [1.54, 1.807) is 0 Å². The molecule has 1 aromatic rings. The summed E-state index contributed by atoms with van der Waals surface area (Å²) in [6, 6.07) is 9.72. The smallest absolute Gasteiger partial charge is 0.223 e. The van der Waals surface area contributed by atoms with Crippen LogP contribution in [0.3, 0.4) is 0 Å². The highest BCUT2D eigenvalue weighted by atomic mass is 16.3. The fraction of sp³-hybridized carbons (Fsp3) is 0.750. The van der Waals surface area contributed by atoms with Gasteiger partial charge in [0.2, 0.25) is 11.8 Å². The molecule has 0 radical (unpaired) electrons. The summed E-state index contributed by atoms with van der Waals surface area (Å²) in [7, 11) is 0. The van der Waals surface area contributed by atoms with Gasteiger partial charge in [0.25, 0.3) is 0 Å². The molecule has 3 rings (SSSR count). The first-order chi connectivity index (χ1) is 18.1. The van der Waals surface area contributed by atoms with E-state index in [4.69, 9.17) is 0 Å². The van der Waals surface area contributed by atoms with Crippen LogP contribution in [0.4, 0.5) is 0 Å². The van der Waals surface area contributed by atoms with Crippen LogP contribution in [0.2, 0.25) is 0 Å². The molecular formula is C32H52N2O4. The minimum Gasteiger partial charge on any atom is -0.390 e. The fourth-order valence-electron chi connectivity index (χ4n) is 5.86. The number of aliphatic hydroxyl groups is 2. The van der Waals surface area contributed by atoms with Gasteiger partial charge in [-0.3, -0.25) is 9.59 Å². The number of nitrogens with one attached hydrogen (secondary N) is 1. The largest absolute Gasteiger partial charge is 0.390 e. The van der Waals surface area contributed by atoms with Gasteiger partial charge < -0.3 is 20.4 Å². The Morgan fingerprint density at radius 2 is 1.63 bits per heavy atom. The van der Waals surface area contributed by atoms with Crippen molar-refractivity contribution in [1.29, 1.82) is 0 Å². The second-order valence-corrected chi connectivity index (χ2v) is 13.0. The van der Waals surface area contributed by atoms with E-state index in [2.05, 4.69) is 31.3 Å². The molecule has 1 aromatic carbocycles. The molecule has 2 saturated carbocycles. The van der Waals surface area contributed by atoms with E-state index >= 15 is 0 Å². The molecule has 0 unspecified atom stereocenters. The van der Waals surface area contributed by atoms with Gasteiger partial charge in [0.05, 0.1) is 12.1 Å². The molecule has 2 amide bonds. The van der Waals surface area contributed by atoms with E-state index in [9.17, 15) is 19.8 Å². The molecule has 3 N–H and O–H groups in total. The summed E-state index contributed by atoms with van der Waals surface area (Å²) in [6.07, 6.45) is 7.73. The second kappa shape index (κ2) is 14.5. The Kier molecular flexibility index (Phi) is 11.7. The quantitative estimate of drug-likeness (QED) is 0.292. The van der Waals surface area contributed by atoms with Gasteiger partial charge >= 0.3 is 0 Å². The highest BCUT2D eigenvalue weighted by Gasteiger charge is 2.38. The van der Waals surface area contributed by atoms with Crippen molar-refractivity contribution in [2.75, 3.05) is 13.1 Å². The highest BCUT2D eigenvalue weighted by Crippen LogP contribution is 2.35. The van der Waals surface area contributed by atoms with E-state index < -0.39 is 18.2 Å². The molecule has 2 aliphatic rings. The van der Waals surface area contributed by atoms with Crippen LogP contribution in [-0.4, -0.2) is 58.3 Å². The molecular weight excluding hydrogens is 476 g/mol. The van der Waals surface area contributed by atoms with Crippen molar-refractivity contribution in [3.05, 3.63) is 35.9 Å². The summed E-state index contributed by atoms with van der Waals surface area (Å²) in [5.74, 6) is 0.978. The Balaban J connectivity index is 1.64. The molecule has 214 valence electrons. The topological polar surface area (TPSA) is 89.9 Å².